The minimum atomic E-state index is -0.708. The van der Waals surface area contributed by atoms with Crippen LogP contribution in [0.1, 0.15) is 166 Å². The van der Waals surface area contributed by atoms with E-state index < -0.39 is 31.7 Å². The average Bonchev–Trinajstić information content (AvgIpc) is 3.12. The monoisotopic (exact) mass is 1050 g/mol. The van der Waals surface area contributed by atoms with Crippen LogP contribution in [0.25, 0.3) is 10.6 Å². The Hall–Kier alpha value is -0.851. The summed E-state index contributed by atoms with van der Waals surface area (Å²) in [5.74, 6) is 5.02. The van der Waals surface area contributed by atoms with Crippen LogP contribution in [0.2, 0.25) is 0 Å². The predicted molar refractivity (Wildman–Crippen MR) is 292 cm³/mol. The van der Waals surface area contributed by atoms with Gasteiger partial charge in [-0.05, 0) is 166 Å². The fraction of sp³-hybridized carbons (Fsp3) is 0.667. The molecule has 0 atom stereocenters. The zero-order chi connectivity index (χ0) is 51.1. The van der Waals surface area contributed by atoms with Gasteiger partial charge in [0.25, 0.3) is 0 Å². The summed E-state index contributed by atoms with van der Waals surface area (Å²) >= 11 is 0. The normalized spacial score (nSPS) is 15.4. The van der Waals surface area contributed by atoms with Crippen molar-refractivity contribution in [1.29, 1.82) is 0 Å². The van der Waals surface area contributed by atoms with Crippen molar-refractivity contribution in [3.05, 3.63) is 81.5 Å². The third-order valence-corrected chi connectivity index (χ3v) is 26.1. The molecule has 2 aliphatic heterocycles. The van der Waals surface area contributed by atoms with E-state index in [0.29, 0.717) is 41.2 Å². The van der Waals surface area contributed by atoms with E-state index >= 15 is 0 Å². The van der Waals surface area contributed by atoms with Crippen molar-refractivity contribution in [2.75, 3.05) is 12.3 Å². The van der Waals surface area contributed by atoms with Crippen LogP contribution in [0, 0.1) is 0 Å². The van der Waals surface area contributed by atoms with Gasteiger partial charge in [-0.15, -0.1) is 22.8 Å². The molecule has 1 radical (unpaired) electrons. The minimum Gasteiger partial charge on any atom is -0.656 e. The van der Waals surface area contributed by atoms with E-state index in [0.717, 1.165) is 12.3 Å². The maximum absolute atomic E-state index is 7.75. The Kier molecular flexibility index (Phi) is 40.6. The third kappa shape index (κ3) is 32.0. The quantitative estimate of drug-likeness (QED) is 0.114. The van der Waals surface area contributed by atoms with Crippen LogP contribution in [0.5, 0.6) is 0 Å². The first-order chi connectivity index (χ1) is 27.8. The van der Waals surface area contributed by atoms with Gasteiger partial charge in [0.05, 0.1) is 53.6 Å². The second-order valence-electron chi connectivity index (χ2n) is 23.5. The van der Waals surface area contributed by atoms with Gasteiger partial charge in [0, 0.05) is 60.4 Å². The van der Waals surface area contributed by atoms with Crippen molar-refractivity contribution in [1.82, 2.24) is 0 Å². The van der Waals surface area contributed by atoms with Gasteiger partial charge in [0.15, 0.2) is 0 Å². The summed E-state index contributed by atoms with van der Waals surface area (Å²) in [5.41, 5.74) is 4.93. The van der Waals surface area contributed by atoms with Crippen LogP contribution in [-0.4, -0.2) is 87.5 Å². The van der Waals surface area contributed by atoms with Crippen molar-refractivity contribution in [3.8, 4) is 0 Å². The molecule has 0 fully saturated rings. The van der Waals surface area contributed by atoms with Crippen LogP contribution in [0.3, 0.4) is 0 Å². The molecular formula is C51H93Mn2N2O5P4. The summed E-state index contributed by atoms with van der Waals surface area (Å²) in [5, 5.41) is 13.0. The number of rotatable bonds is 6. The Labute approximate surface area is 422 Å². The molecule has 371 valence electrons. The van der Waals surface area contributed by atoms with Crippen LogP contribution in [0.15, 0.2) is 70.9 Å². The molecular weight excluding hydrogens is 954 g/mol. The summed E-state index contributed by atoms with van der Waals surface area (Å²) in [6.45, 7) is 73.7. The zero-order valence-electron chi connectivity index (χ0n) is 44.6. The predicted octanol–water partition coefficient (Wildman–Crippen LogP) is 15.2. The Morgan fingerprint density at radius 2 is 0.578 bits per heavy atom. The maximum Gasteiger partial charge on any atom is 3.00 e. The molecule has 0 aliphatic carbocycles. The number of carbonyl (C=O) groups excluding carboxylic acids is 5. The van der Waals surface area contributed by atoms with Crippen LogP contribution in [-0.2, 0) is 58.1 Å². The van der Waals surface area contributed by atoms with Crippen molar-refractivity contribution in [2.24, 2.45) is 0 Å². The van der Waals surface area contributed by atoms with Gasteiger partial charge in [-0.1, -0.05) is 36.5 Å². The second kappa shape index (κ2) is 33.6. The van der Waals surface area contributed by atoms with Crippen molar-refractivity contribution in [2.45, 2.75) is 207 Å². The summed E-state index contributed by atoms with van der Waals surface area (Å²) < 4.78 is 0. The SMILES string of the molecule is CC(C)(C)[PH+](C=C1C=CC=C(C[PH+](C(C)(C)C)C(C)(C)C)[N-]1)C(C)(C)C.CC(C)(C)[PH+](C=C1C=CC=C(C[PH+](C(C)(C)C)C(C)(C)C)[N-]1)C(C)(C)C.[CH-]=O.[CH-]=O.[CH-]=O.[CH-]=O.[CH-]=O.[Mn+3].[Mn]. The van der Waals surface area contributed by atoms with Gasteiger partial charge in [-0.2, -0.15) is 0 Å². The van der Waals surface area contributed by atoms with E-state index in [4.69, 9.17) is 34.6 Å². The number of hydrogen-bond acceptors (Lipinski definition) is 5. The molecule has 0 saturated heterocycles. The van der Waals surface area contributed by atoms with Crippen molar-refractivity contribution < 1.29 is 58.1 Å². The van der Waals surface area contributed by atoms with Crippen molar-refractivity contribution in [3.63, 3.8) is 0 Å². The first-order valence-corrected chi connectivity index (χ1v) is 27.7. The first-order valence-electron chi connectivity index (χ1n) is 21.1. The van der Waals surface area contributed by atoms with Gasteiger partial charge >= 0.3 is 17.1 Å². The molecule has 2 rings (SSSR count). The summed E-state index contributed by atoms with van der Waals surface area (Å²) in [6.07, 6.45) is 15.6. The third-order valence-electron chi connectivity index (χ3n) is 9.81. The van der Waals surface area contributed by atoms with Gasteiger partial charge < -0.3 is 34.6 Å². The largest absolute Gasteiger partial charge is 3.00 e. The first kappa shape index (κ1) is 77.4. The Bertz CT molecular complexity index is 1300. The van der Waals surface area contributed by atoms with E-state index in [1.54, 1.807) is 0 Å². The number of nitrogens with zero attached hydrogens (tertiary/aromatic N) is 2. The molecule has 0 aromatic heterocycles. The summed E-state index contributed by atoms with van der Waals surface area (Å²) in [6, 6.07) is 0. The van der Waals surface area contributed by atoms with Gasteiger partial charge in [0.2, 0.25) is 0 Å². The standard InChI is InChI=1S/2C23H42NP2.5CHO.2Mn/c2*1-20(2,3)25(21(4,5)6)16-18-14-13-15-19(24-18)17-26(22(7,8)9)23(10,11)12;5*1-2;;/h2*13-16H,17H2,1-12H3;5*1H;;/q7*-1;;+3/p+4. The van der Waals surface area contributed by atoms with E-state index in [2.05, 4.69) is 248 Å². The molecule has 0 saturated carbocycles. The number of hydrogen-bond donors (Lipinski definition) is 0. The maximum atomic E-state index is 7.75. The fourth-order valence-corrected chi connectivity index (χ4v) is 23.3. The van der Waals surface area contributed by atoms with Gasteiger partial charge in [0.1, 0.15) is 0 Å². The van der Waals surface area contributed by atoms with E-state index in [-0.39, 0.29) is 34.1 Å². The zero-order valence-corrected chi connectivity index (χ0v) is 51.0. The van der Waals surface area contributed by atoms with Gasteiger partial charge in [-0.25, -0.2) is 0 Å². The topological polar surface area (TPSA) is 114 Å². The van der Waals surface area contributed by atoms with E-state index in [1.165, 1.54) is 22.8 Å². The molecule has 64 heavy (non-hydrogen) atoms. The van der Waals surface area contributed by atoms with Crippen LogP contribution in [0.4, 0.5) is 0 Å². The van der Waals surface area contributed by atoms with Crippen LogP contribution >= 0.6 is 31.7 Å². The fourth-order valence-electron chi connectivity index (χ4n) is 8.44. The molecule has 0 aromatic rings. The van der Waals surface area contributed by atoms with Crippen LogP contribution < -0.4 is 0 Å². The molecule has 7 nitrogen and oxygen atoms in total. The molecule has 0 unspecified atom stereocenters. The minimum absolute atomic E-state index is 0. The van der Waals surface area contributed by atoms with Crippen molar-refractivity contribution >= 4 is 65.6 Å². The molecule has 2 aliphatic rings. The van der Waals surface area contributed by atoms with Gasteiger partial charge in [-0.3, -0.25) is 33.9 Å². The summed E-state index contributed by atoms with van der Waals surface area (Å²) in [7, 11) is -2.61. The van der Waals surface area contributed by atoms with E-state index in [1.807, 2.05) is 0 Å². The Morgan fingerprint density at radius 1 is 0.391 bits per heavy atom. The summed E-state index contributed by atoms with van der Waals surface area (Å²) in [4.78, 5) is 38.8. The Morgan fingerprint density at radius 3 is 0.734 bits per heavy atom. The number of allylic oxidation sites excluding steroid dienone is 8. The molecule has 0 bridgehead atoms. The smallest absolute Gasteiger partial charge is 0.656 e. The second-order valence-corrected chi connectivity index (χ2v) is 40.4. The van der Waals surface area contributed by atoms with E-state index in [9.17, 15) is 0 Å². The molecule has 0 aromatic carbocycles. The molecule has 2 heterocycles. The Balaban J connectivity index is -0.000000165. The molecule has 0 N–H and O–H groups in total. The molecule has 13 heteroatoms. The average molecular weight is 1050 g/mol. The molecule has 0 amide bonds. The molecule has 0 spiro atoms.